The van der Waals surface area contributed by atoms with Gasteiger partial charge in [0.1, 0.15) is 5.82 Å². The lowest BCUT2D eigenvalue weighted by Gasteiger charge is -2.11. The third-order valence-corrected chi connectivity index (χ3v) is 1.97. The molecule has 1 aromatic heterocycles. The van der Waals surface area contributed by atoms with E-state index in [0.29, 0.717) is 5.82 Å². The number of nitrogens with zero attached hydrogens (tertiary/aromatic N) is 2. The van der Waals surface area contributed by atoms with E-state index in [1.165, 1.54) is 7.11 Å². The van der Waals surface area contributed by atoms with Gasteiger partial charge in [0.2, 0.25) is 0 Å². The molecule has 1 heterocycles. The molecule has 5 heteroatoms. The maximum absolute atomic E-state index is 11.1. The molecule has 0 spiro atoms. The van der Waals surface area contributed by atoms with Gasteiger partial charge < -0.3 is 10.1 Å². The van der Waals surface area contributed by atoms with E-state index >= 15 is 0 Å². The summed E-state index contributed by atoms with van der Waals surface area (Å²) in [6.07, 6.45) is 2.66. The minimum Gasteiger partial charge on any atom is -0.464 e. The van der Waals surface area contributed by atoms with E-state index in [1.807, 2.05) is 13.0 Å². The van der Waals surface area contributed by atoms with Crippen LogP contribution in [0.4, 0.5) is 5.82 Å². The molecular formula is C11H15N3O2. The Labute approximate surface area is 94.5 Å². The van der Waals surface area contributed by atoms with Gasteiger partial charge in [0.25, 0.3) is 0 Å². The molecule has 1 rings (SSSR count). The van der Waals surface area contributed by atoms with Crippen molar-refractivity contribution in [2.75, 3.05) is 12.4 Å². The van der Waals surface area contributed by atoms with Gasteiger partial charge in [-0.15, -0.1) is 16.8 Å². The van der Waals surface area contributed by atoms with E-state index in [9.17, 15) is 4.79 Å². The summed E-state index contributed by atoms with van der Waals surface area (Å²) in [5.74, 6) is 0.139. The molecule has 1 aromatic rings. The van der Waals surface area contributed by atoms with Gasteiger partial charge in [-0.1, -0.05) is 6.08 Å². The first-order valence-electron chi connectivity index (χ1n) is 4.97. The van der Waals surface area contributed by atoms with Crippen LogP contribution in [-0.2, 0) is 4.74 Å². The molecule has 1 atom stereocenters. The lowest BCUT2D eigenvalue weighted by molar-refractivity contribution is 0.0593. The average Bonchev–Trinajstić information content (AvgIpc) is 2.29. The van der Waals surface area contributed by atoms with Gasteiger partial charge in [-0.05, 0) is 25.5 Å². The minimum absolute atomic E-state index is 0.199. The van der Waals surface area contributed by atoms with Crippen LogP contribution in [0.2, 0.25) is 0 Å². The quantitative estimate of drug-likeness (QED) is 0.605. The molecule has 0 aliphatic carbocycles. The summed E-state index contributed by atoms with van der Waals surface area (Å²) in [6, 6.07) is 3.50. The van der Waals surface area contributed by atoms with Gasteiger partial charge >= 0.3 is 5.97 Å². The van der Waals surface area contributed by atoms with Gasteiger partial charge in [-0.2, -0.15) is 0 Å². The van der Waals surface area contributed by atoms with Gasteiger partial charge in [0.15, 0.2) is 5.69 Å². The molecule has 0 radical (unpaired) electrons. The molecular weight excluding hydrogens is 206 g/mol. The van der Waals surface area contributed by atoms with Crippen LogP contribution in [0.1, 0.15) is 23.8 Å². The number of aromatic nitrogens is 2. The number of methoxy groups -OCH3 is 1. The van der Waals surface area contributed by atoms with Crippen molar-refractivity contribution in [3.05, 3.63) is 30.5 Å². The Morgan fingerprint density at radius 1 is 1.62 bits per heavy atom. The molecule has 0 saturated heterocycles. The highest BCUT2D eigenvalue weighted by Crippen LogP contribution is 2.06. The first-order chi connectivity index (χ1) is 7.67. The summed E-state index contributed by atoms with van der Waals surface area (Å²) in [5.41, 5.74) is 0.199. The lowest BCUT2D eigenvalue weighted by atomic mass is 10.2. The predicted molar refractivity (Wildman–Crippen MR) is 61.3 cm³/mol. The van der Waals surface area contributed by atoms with E-state index in [1.54, 1.807) is 12.1 Å². The Morgan fingerprint density at radius 2 is 2.38 bits per heavy atom. The third-order valence-electron chi connectivity index (χ3n) is 1.97. The number of anilines is 1. The number of hydrogen-bond donors (Lipinski definition) is 1. The maximum Gasteiger partial charge on any atom is 0.358 e. The molecule has 0 fully saturated rings. The molecule has 1 N–H and O–H groups in total. The topological polar surface area (TPSA) is 64.1 Å². The molecule has 0 saturated carbocycles. The van der Waals surface area contributed by atoms with Crippen LogP contribution in [0.5, 0.6) is 0 Å². The van der Waals surface area contributed by atoms with Crippen LogP contribution < -0.4 is 5.32 Å². The van der Waals surface area contributed by atoms with Crippen molar-refractivity contribution in [3.8, 4) is 0 Å². The summed E-state index contributed by atoms with van der Waals surface area (Å²) in [7, 11) is 1.31. The minimum atomic E-state index is -0.488. The SMILES string of the molecule is C=CCC(C)Nc1ccc(C(=O)OC)nn1. The molecule has 0 aliphatic rings. The van der Waals surface area contributed by atoms with Crippen molar-refractivity contribution in [2.45, 2.75) is 19.4 Å². The van der Waals surface area contributed by atoms with Gasteiger partial charge in [0.05, 0.1) is 7.11 Å². The normalized spacial score (nSPS) is 11.6. The Bertz CT molecular complexity index is 362. The van der Waals surface area contributed by atoms with E-state index in [2.05, 4.69) is 26.8 Å². The fraction of sp³-hybridized carbons (Fsp3) is 0.364. The molecule has 5 nitrogen and oxygen atoms in total. The second-order valence-electron chi connectivity index (χ2n) is 3.37. The second-order valence-corrected chi connectivity index (χ2v) is 3.37. The van der Waals surface area contributed by atoms with Crippen molar-refractivity contribution in [1.82, 2.24) is 10.2 Å². The van der Waals surface area contributed by atoms with E-state index in [4.69, 9.17) is 0 Å². The van der Waals surface area contributed by atoms with E-state index < -0.39 is 5.97 Å². The summed E-state index contributed by atoms with van der Waals surface area (Å²) in [6.45, 7) is 5.66. The average molecular weight is 221 g/mol. The zero-order valence-electron chi connectivity index (χ0n) is 9.43. The van der Waals surface area contributed by atoms with Gasteiger partial charge in [0, 0.05) is 6.04 Å². The lowest BCUT2D eigenvalue weighted by Crippen LogP contribution is -2.16. The number of nitrogens with one attached hydrogen (secondary N) is 1. The van der Waals surface area contributed by atoms with Crippen molar-refractivity contribution in [2.24, 2.45) is 0 Å². The standard InChI is InChI=1S/C11H15N3O2/c1-4-5-8(2)12-10-7-6-9(13-14-10)11(15)16-3/h4,6-8H,1,5H2,2-3H3,(H,12,14). The van der Waals surface area contributed by atoms with Crippen LogP contribution in [0.15, 0.2) is 24.8 Å². The van der Waals surface area contributed by atoms with Gasteiger partial charge in [-0.25, -0.2) is 4.79 Å². The monoisotopic (exact) mass is 221 g/mol. The van der Waals surface area contributed by atoms with Crippen LogP contribution in [0, 0.1) is 0 Å². The summed E-state index contributed by atoms with van der Waals surface area (Å²) < 4.78 is 4.52. The highest BCUT2D eigenvalue weighted by Gasteiger charge is 2.08. The van der Waals surface area contributed by atoms with Crippen LogP contribution in [0.3, 0.4) is 0 Å². The first-order valence-corrected chi connectivity index (χ1v) is 4.97. The molecule has 86 valence electrons. The number of ether oxygens (including phenoxy) is 1. The largest absolute Gasteiger partial charge is 0.464 e. The van der Waals surface area contributed by atoms with Crippen molar-refractivity contribution < 1.29 is 9.53 Å². The van der Waals surface area contributed by atoms with E-state index in [-0.39, 0.29) is 11.7 Å². The zero-order valence-corrected chi connectivity index (χ0v) is 9.43. The molecule has 0 aliphatic heterocycles. The van der Waals surface area contributed by atoms with Crippen molar-refractivity contribution in [3.63, 3.8) is 0 Å². The Morgan fingerprint density at radius 3 is 2.88 bits per heavy atom. The number of rotatable bonds is 5. The fourth-order valence-electron chi connectivity index (χ4n) is 1.18. The zero-order chi connectivity index (χ0) is 12.0. The summed E-state index contributed by atoms with van der Waals surface area (Å²) in [5, 5.41) is 10.8. The molecule has 1 unspecified atom stereocenters. The van der Waals surface area contributed by atoms with Crippen LogP contribution in [-0.4, -0.2) is 29.3 Å². The first kappa shape index (κ1) is 12.2. The van der Waals surface area contributed by atoms with Crippen LogP contribution >= 0.6 is 0 Å². The Balaban J connectivity index is 2.64. The summed E-state index contributed by atoms with van der Waals surface area (Å²) >= 11 is 0. The van der Waals surface area contributed by atoms with E-state index in [0.717, 1.165) is 6.42 Å². The molecule has 0 aromatic carbocycles. The number of esters is 1. The maximum atomic E-state index is 11.1. The molecule has 0 bridgehead atoms. The molecule has 0 amide bonds. The highest BCUT2D eigenvalue weighted by atomic mass is 16.5. The summed E-state index contributed by atoms with van der Waals surface area (Å²) in [4.78, 5) is 11.1. The number of carbonyl (C=O) groups is 1. The van der Waals surface area contributed by atoms with Crippen molar-refractivity contribution >= 4 is 11.8 Å². The third kappa shape index (κ3) is 3.34. The smallest absolute Gasteiger partial charge is 0.358 e. The predicted octanol–water partition coefficient (Wildman–Crippen LogP) is 1.64. The second kappa shape index (κ2) is 5.85. The fourth-order valence-corrected chi connectivity index (χ4v) is 1.18. The Kier molecular flexibility index (Phi) is 4.44. The Hall–Kier alpha value is -1.91. The number of carbonyl (C=O) groups excluding carboxylic acids is 1. The van der Waals surface area contributed by atoms with Gasteiger partial charge in [-0.3, -0.25) is 0 Å². The van der Waals surface area contributed by atoms with Crippen LogP contribution in [0.25, 0.3) is 0 Å². The number of hydrogen-bond acceptors (Lipinski definition) is 5. The highest BCUT2D eigenvalue weighted by molar-refractivity contribution is 5.86. The molecule has 16 heavy (non-hydrogen) atoms. The van der Waals surface area contributed by atoms with Crippen molar-refractivity contribution in [1.29, 1.82) is 0 Å².